The highest BCUT2D eigenvalue weighted by atomic mass is 19.4. The first-order chi connectivity index (χ1) is 11.8. The SMILES string of the molecule is CN1CC(C(=O)C(F)(F)F)=C(O)c2ccc3c(oc4ccccc43)c21. The van der Waals surface area contributed by atoms with Gasteiger partial charge in [0.1, 0.15) is 11.3 Å². The summed E-state index contributed by atoms with van der Waals surface area (Å²) in [5.41, 5.74) is 1.04. The van der Waals surface area contributed by atoms with E-state index in [4.69, 9.17) is 4.42 Å². The summed E-state index contributed by atoms with van der Waals surface area (Å²) < 4.78 is 44.2. The number of hydrogen-bond donors (Lipinski definition) is 1. The number of carbonyl (C=O) groups excluding carboxylic acids is 1. The maximum Gasteiger partial charge on any atom is 0.454 e. The molecule has 0 saturated heterocycles. The van der Waals surface area contributed by atoms with Crippen molar-refractivity contribution in [2.45, 2.75) is 6.18 Å². The van der Waals surface area contributed by atoms with Crippen LogP contribution in [0.1, 0.15) is 5.56 Å². The first-order valence-electron chi connectivity index (χ1n) is 7.48. The number of halogens is 3. The number of anilines is 1. The number of ketones is 1. The number of Topliss-reactive ketones (excluding diaryl/α,β-unsaturated/α-hetero) is 1. The molecular formula is C18H12F3NO3. The summed E-state index contributed by atoms with van der Waals surface area (Å²) in [7, 11) is 1.56. The Hall–Kier alpha value is -2.96. The van der Waals surface area contributed by atoms with Crippen LogP contribution < -0.4 is 4.90 Å². The molecule has 0 fully saturated rings. The third-order valence-electron chi connectivity index (χ3n) is 4.37. The number of aliphatic hydroxyl groups is 1. The lowest BCUT2D eigenvalue weighted by atomic mass is 9.96. The molecular weight excluding hydrogens is 335 g/mol. The Labute approximate surface area is 139 Å². The monoisotopic (exact) mass is 347 g/mol. The van der Waals surface area contributed by atoms with Crippen molar-refractivity contribution in [1.82, 2.24) is 0 Å². The number of benzene rings is 2. The summed E-state index contributed by atoms with van der Waals surface area (Å²) in [6.07, 6.45) is -5.04. The summed E-state index contributed by atoms with van der Waals surface area (Å²) in [6.45, 7) is -0.354. The van der Waals surface area contributed by atoms with Crippen LogP contribution in [0.3, 0.4) is 0 Å². The van der Waals surface area contributed by atoms with E-state index >= 15 is 0 Å². The number of likely N-dealkylation sites (N-methyl/N-ethyl adjacent to an activating group) is 1. The fourth-order valence-electron chi connectivity index (χ4n) is 3.25. The zero-order chi connectivity index (χ0) is 17.9. The van der Waals surface area contributed by atoms with E-state index < -0.39 is 23.3 Å². The van der Waals surface area contributed by atoms with E-state index in [1.54, 1.807) is 19.2 Å². The molecule has 0 aliphatic carbocycles. The number of para-hydroxylation sites is 1. The zero-order valence-electron chi connectivity index (χ0n) is 13.0. The second-order valence-electron chi connectivity index (χ2n) is 5.95. The van der Waals surface area contributed by atoms with Crippen molar-refractivity contribution < 1.29 is 27.5 Å². The molecule has 1 aliphatic rings. The van der Waals surface area contributed by atoms with E-state index in [2.05, 4.69) is 0 Å². The van der Waals surface area contributed by atoms with Gasteiger partial charge in [0, 0.05) is 23.4 Å². The van der Waals surface area contributed by atoms with Crippen LogP contribution in [0.5, 0.6) is 0 Å². The Kier molecular flexibility index (Phi) is 3.12. The van der Waals surface area contributed by atoms with Crippen molar-refractivity contribution in [3.8, 4) is 0 Å². The Balaban J connectivity index is 2.00. The molecule has 1 aliphatic heterocycles. The Bertz CT molecular complexity index is 1060. The molecule has 128 valence electrons. The number of hydrogen-bond acceptors (Lipinski definition) is 4. The number of aliphatic hydroxyl groups excluding tert-OH is 1. The van der Waals surface area contributed by atoms with Gasteiger partial charge in [-0.1, -0.05) is 18.2 Å². The number of nitrogens with zero attached hydrogens (tertiary/aromatic N) is 1. The first kappa shape index (κ1) is 15.6. The fourth-order valence-corrected chi connectivity index (χ4v) is 3.25. The molecule has 0 atom stereocenters. The summed E-state index contributed by atoms with van der Waals surface area (Å²) in [4.78, 5) is 13.1. The van der Waals surface area contributed by atoms with E-state index in [1.807, 2.05) is 18.2 Å². The summed E-state index contributed by atoms with van der Waals surface area (Å²) >= 11 is 0. The average molecular weight is 347 g/mol. The molecule has 0 spiro atoms. The van der Waals surface area contributed by atoms with E-state index in [-0.39, 0.29) is 12.1 Å². The van der Waals surface area contributed by atoms with E-state index in [9.17, 15) is 23.1 Å². The van der Waals surface area contributed by atoms with Gasteiger partial charge in [0.05, 0.1) is 17.8 Å². The van der Waals surface area contributed by atoms with Crippen LogP contribution in [0, 0.1) is 0 Å². The fraction of sp³-hybridized carbons (Fsp3) is 0.167. The van der Waals surface area contributed by atoms with Gasteiger partial charge in [-0.15, -0.1) is 0 Å². The van der Waals surface area contributed by atoms with Crippen molar-refractivity contribution in [2.24, 2.45) is 0 Å². The van der Waals surface area contributed by atoms with Gasteiger partial charge in [0.2, 0.25) is 0 Å². The predicted octanol–water partition coefficient (Wildman–Crippen LogP) is 4.44. The Morgan fingerprint density at radius 3 is 2.60 bits per heavy atom. The summed E-state index contributed by atoms with van der Waals surface area (Å²) in [6, 6.07) is 10.5. The normalized spacial score (nSPS) is 15.1. The number of fused-ring (bicyclic) bond motifs is 5. The van der Waals surface area contributed by atoms with E-state index in [1.165, 1.54) is 11.0 Å². The average Bonchev–Trinajstić information content (AvgIpc) is 2.94. The van der Waals surface area contributed by atoms with Gasteiger partial charge in [-0.25, -0.2) is 0 Å². The molecule has 2 heterocycles. The maximum atomic E-state index is 12.8. The van der Waals surface area contributed by atoms with Gasteiger partial charge in [0.15, 0.2) is 5.58 Å². The minimum Gasteiger partial charge on any atom is -0.507 e. The molecule has 1 N–H and O–H groups in total. The van der Waals surface area contributed by atoms with Gasteiger partial charge >= 0.3 is 6.18 Å². The first-order valence-corrected chi connectivity index (χ1v) is 7.48. The molecule has 1 aromatic heterocycles. The highest BCUT2D eigenvalue weighted by molar-refractivity contribution is 6.14. The lowest BCUT2D eigenvalue weighted by molar-refractivity contribution is -0.166. The van der Waals surface area contributed by atoms with E-state index in [0.29, 0.717) is 16.9 Å². The van der Waals surface area contributed by atoms with Gasteiger partial charge < -0.3 is 14.4 Å². The predicted molar refractivity (Wildman–Crippen MR) is 87.6 cm³/mol. The van der Waals surface area contributed by atoms with Gasteiger partial charge in [-0.05, 0) is 18.2 Å². The maximum absolute atomic E-state index is 12.8. The van der Waals surface area contributed by atoms with Gasteiger partial charge in [-0.2, -0.15) is 13.2 Å². The molecule has 0 radical (unpaired) electrons. The highest BCUT2D eigenvalue weighted by Crippen LogP contribution is 2.43. The van der Waals surface area contributed by atoms with Crippen LogP contribution in [0.25, 0.3) is 27.7 Å². The van der Waals surface area contributed by atoms with Crippen LogP contribution in [0.15, 0.2) is 46.4 Å². The van der Waals surface area contributed by atoms with Crippen LogP contribution >= 0.6 is 0 Å². The number of alkyl halides is 3. The van der Waals surface area contributed by atoms with E-state index in [0.717, 1.165) is 10.8 Å². The number of carbonyl (C=O) groups is 1. The standard InChI is InChI=1S/C18H12F3NO3/c1-22-8-12(17(24)18(19,20)21)15(23)11-7-6-10-9-4-2-3-5-13(9)25-16(10)14(11)22/h2-7,23H,8H2,1H3. The number of rotatable bonds is 1. The molecule has 4 rings (SSSR count). The number of furan rings is 1. The molecule has 0 unspecified atom stereocenters. The van der Waals surface area contributed by atoms with Crippen molar-refractivity contribution >= 4 is 39.2 Å². The second kappa shape index (κ2) is 5.02. The van der Waals surface area contributed by atoms with Crippen molar-refractivity contribution in [1.29, 1.82) is 0 Å². The van der Waals surface area contributed by atoms with Gasteiger partial charge in [-0.3, -0.25) is 4.79 Å². The molecule has 7 heteroatoms. The molecule has 2 aromatic carbocycles. The third kappa shape index (κ3) is 2.19. The topological polar surface area (TPSA) is 53.7 Å². The molecule has 0 bridgehead atoms. The minimum absolute atomic E-state index is 0.146. The van der Waals surface area contributed by atoms with Crippen molar-refractivity contribution in [3.05, 3.63) is 47.5 Å². The third-order valence-corrected chi connectivity index (χ3v) is 4.37. The van der Waals surface area contributed by atoms with Gasteiger partial charge in [0.25, 0.3) is 5.78 Å². The van der Waals surface area contributed by atoms with Crippen LogP contribution in [-0.4, -0.2) is 30.7 Å². The molecule has 0 saturated carbocycles. The van der Waals surface area contributed by atoms with Crippen LogP contribution in [-0.2, 0) is 4.79 Å². The lowest BCUT2D eigenvalue weighted by Gasteiger charge is -2.29. The largest absolute Gasteiger partial charge is 0.507 e. The molecule has 25 heavy (non-hydrogen) atoms. The van der Waals surface area contributed by atoms with Crippen LogP contribution in [0.2, 0.25) is 0 Å². The minimum atomic E-state index is -5.04. The highest BCUT2D eigenvalue weighted by Gasteiger charge is 2.44. The second-order valence-corrected chi connectivity index (χ2v) is 5.95. The van der Waals surface area contributed by atoms with Crippen LogP contribution in [0.4, 0.5) is 18.9 Å². The molecule has 4 nitrogen and oxygen atoms in total. The zero-order valence-corrected chi connectivity index (χ0v) is 13.0. The smallest absolute Gasteiger partial charge is 0.454 e. The molecule has 3 aromatic rings. The summed E-state index contributed by atoms with van der Waals surface area (Å²) in [5, 5.41) is 12.0. The lowest BCUT2D eigenvalue weighted by Crippen LogP contribution is -2.35. The van der Waals surface area contributed by atoms with Crippen molar-refractivity contribution in [2.75, 3.05) is 18.5 Å². The summed E-state index contributed by atoms with van der Waals surface area (Å²) in [5.74, 6) is -2.69. The Morgan fingerprint density at radius 1 is 1.16 bits per heavy atom. The molecule has 0 amide bonds. The Morgan fingerprint density at radius 2 is 1.88 bits per heavy atom. The van der Waals surface area contributed by atoms with Crippen molar-refractivity contribution in [3.63, 3.8) is 0 Å². The quantitative estimate of drug-likeness (QED) is 0.707.